The lowest BCUT2D eigenvalue weighted by Crippen LogP contribution is -2.28. The average Bonchev–Trinajstić information content (AvgIpc) is 2.67. The summed E-state index contributed by atoms with van der Waals surface area (Å²) in [6.07, 6.45) is 1.94. The monoisotopic (exact) mass is 314 g/mol. The van der Waals surface area contributed by atoms with E-state index < -0.39 is 16.7 Å². The minimum atomic E-state index is -3.24. The molecule has 0 saturated heterocycles. The van der Waals surface area contributed by atoms with E-state index in [-0.39, 0.29) is 23.8 Å². The van der Waals surface area contributed by atoms with Crippen LogP contribution in [0.1, 0.15) is 36.0 Å². The van der Waals surface area contributed by atoms with E-state index in [1.165, 1.54) is 0 Å². The van der Waals surface area contributed by atoms with Gasteiger partial charge in [-0.25, -0.2) is 9.79 Å². The summed E-state index contributed by atoms with van der Waals surface area (Å²) in [6.45, 7) is 0.219. The highest BCUT2D eigenvalue weighted by Gasteiger charge is 2.40. The van der Waals surface area contributed by atoms with Crippen molar-refractivity contribution in [3.8, 4) is 0 Å². The third kappa shape index (κ3) is 3.18. The van der Waals surface area contributed by atoms with E-state index in [0.29, 0.717) is 24.8 Å². The summed E-state index contributed by atoms with van der Waals surface area (Å²) in [7, 11) is -3.24. The highest BCUT2D eigenvalue weighted by atomic mass is 32.3. The van der Waals surface area contributed by atoms with Gasteiger partial charge in [-0.15, -0.1) is 0 Å². The van der Waals surface area contributed by atoms with E-state index in [1.54, 1.807) is 29.7 Å². The minimum Gasteiger partial charge on any atom is -0.289 e. The molecular weight excluding hydrogens is 296 g/mol. The second-order valence-corrected chi connectivity index (χ2v) is 6.69. The summed E-state index contributed by atoms with van der Waals surface area (Å²) < 4.78 is 21.5. The predicted molar refractivity (Wildman–Crippen MR) is 77.0 cm³/mol. The second-order valence-electron chi connectivity index (χ2n) is 4.77. The lowest BCUT2D eigenvalue weighted by Gasteiger charge is -2.36. The van der Waals surface area contributed by atoms with Crippen LogP contribution < -0.4 is 5.48 Å². The standard InChI is InChI=1S/C13H18N2O5S/c16-12(14-18)8-2-1-5-9-15-13(17)10-6-3-4-7-11(10)21(15,19)20/h3-4,6-7,18-20H,1-2,5,8-9H2,(H,14,16). The number of benzene rings is 1. The summed E-state index contributed by atoms with van der Waals surface area (Å²) in [6, 6.07) is 6.48. The van der Waals surface area contributed by atoms with Crippen LogP contribution in [0.15, 0.2) is 29.2 Å². The molecule has 1 aromatic rings. The molecule has 0 saturated carbocycles. The first-order valence-corrected chi connectivity index (χ1v) is 8.11. The first-order chi connectivity index (χ1) is 9.98. The van der Waals surface area contributed by atoms with Crippen molar-refractivity contribution < 1.29 is 23.9 Å². The molecule has 0 bridgehead atoms. The number of carbonyl (C=O) groups excluding carboxylic acids is 2. The van der Waals surface area contributed by atoms with Crippen LogP contribution in [-0.2, 0) is 4.79 Å². The number of nitrogens with zero attached hydrogens (tertiary/aromatic N) is 1. The van der Waals surface area contributed by atoms with E-state index in [0.717, 1.165) is 4.31 Å². The Balaban J connectivity index is 1.90. The summed E-state index contributed by atoms with van der Waals surface area (Å²) in [5.74, 6) is -0.831. The zero-order valence-corrected chi connectivity index (χ0v) is 12.2. The molecule has 0 spiro atoms. The zero-order valence-electron chi connectivity index (χ0n) is 11.4. The summed E-state index contributed by atoms with van der Waals surface area (Å²) in [5, 5.41) is 8.35. The van der Waals surface area contributed by atoms with Crippen molar-refractivity contribution in [3.63, 3.8) is 0 Å². The van der Waals surface area contributed by atoms with Gasteiger partial charge in [0.2, 0.25) is 5.91 Å². The number of hydrogen-bond acceptors (Lipinski definition) is 5. The molecule has 1 heterocycles. The third-order valence-corrected chi connectivity index (χ3v) is 5.25. The Bertz CT molecular complexity index is 549. The topological polar surface area (TPSA) is 110 Å². The van der Waals surface area contributed by atoms with Gasteiger partial charge in [0, 0.05) is 13.0 Å². The number of nitrogens with one attached hydrogen (secondary N) is 1. The van der Waals surface area contributed by atoms with E-state index in [4.69, 9.17) is 5.21 Å². The van der Waals surface area contributed by atoms with Crippen LogP contribution in [-0.4, -0.2) is 37.0 Å². The van der Waals surface area contributed by atoms with Crippen molar-refractivity contribution >= 4 is 22.6 Å². The Morgan fingerprint density at radius 1 is 1.19 bits per heavy atom. The van der Waals surface area contributed by atoms with Crippen molar-refractivity contribution in [2.75, 3.05) is 6.54 Å². The lowest BCUT2D eigenvalue weighted by atomic mass is 10.2. The molecule has 0 unspecified atom stereocenters. The molecule has 0 radical (unpaired) electrons. The fourth-order valence-electron chi connectivity index (χ4n) is 2.25. The van der Waals surface area contributed by atoms with Gasteiger partial charge in [0.1, 0.15) is 0 Å². The number of fused-ring (bicyclic) bond motifs is 1. The van der Waals surface area contributed by atoms with Gasteiger partial charge < -0.3 is 0 Å². The van der Waals surface area contributed by atoms with Crippen molar-refractivity contribution in [2.24, 2.45) is 0 Å². The van der Waals surface area contributed by atoms with Crippen LogP contribution in [0.4, 0.5) is 0 Å². The van der Waals surface area contributed by atoms with Gasteiger partial charge >= 0.3 is 0 Å². The molecule has 7 nitrogen and oxygen atoms in total. The average molecular weight is 314 g/mol. The van der Waals surface area contributed by atoms with Crippen molar-refractivity contribution in [1.82, 2.24) is 9.79 Å². The second kappa shape index (κ2) is 6.44. The molecule has 116 valence electrons. The number of carbonyl (C=O) groups is 2. The lowest BCUT2D eigenvalue weighted by molar-refractivity contribution is -0.129. The Labute approximate surface area is 124 Å². The fraction of sp³-hybridized carbons (Fsp3) is 0.385. The smallest absolute Gasteiger partial charge is 0.274 e. The predicted octanol–water partition coefficient (Wildman–Crippen LogP) is 2.23. The Kier molecular flexibility index (Phi) is 4.84. The zero-order chi connectivity index (χ0) is 15.5. The Hall–Kier alpha value is -1.61. The van der Waals surface area contributed by atoms with Crippen LogP contribution in [0.5, 0.6) is 0 Å². The largest absolute Gasteiger partial charge is 0.289 e. The fourth-order valence-corrected chi connectivity index (χ4v) is 3.92. The number of hydrogen-bond donors (Lipinski definition) is 4. The van der Waals surface area contributed by atoms with E-state index >= 15 is 0 Å². The molecule has 0 aliphatic carbocycles. The summed E-state index contributed by atoms with van der Waals surface area (Å²) in [4.78, 5) is 23.3. The molecule has 1 aromatic carbocycles. The molecule has 2 amide bonds. The Morgan fingerprint density at radius 3 is 2.57 bits per heavy atom. The van der Waals surface area contributed by atoms with Gasteiger partial charge in [-0.1, -0.05) is 29.3 Å². The number of unbranched alkanes of at least 4 members (excludes halogenated alkanes) is 2. The molecule has 1 aliphatic heterocycles. The Morgan fingerprint density at radius 2 is 1.90 bits per heavy atom. The maximum Gasteiger partial charge on any atom is 0.274 e. The van der Waals surface area contributed by atoms with Gasteiger partial charge in [0.05, 0.1) is 10.5 Å². The maximum absolute atomic E-state index is 12.2. The minimum absolute atomic E-state index is 0.195. The molecule has 1 aliphatic rings. The number of amides is 2. The normalized spacial score (nSPS) is 17.5. The quantitative estimate of drug-likeness (QED) is 0.366. The van der Waals surface area contributed by atoms with E-state index in [1.807, 2.05) is 0 Å². The SMILES string of the molecule is O=C(CCCCCN1C(=O)c2ccccc2S1(O)O)NO. The summed E-state index contributed by atoms with van der Waals surface area (Å²) >= 11 is 0. The van der Waals surface area contributed by atoms with Gasteiger partial charge in [-0.3, -0.25) is 23.9 Å². The highest BCUT2D eigenvalue weighted by Crippen LogP contribution is 2.58. The molecule has 4 N–H and O–H groups in total. The number of hydroxylamine groups is 1. The summed E-state index contributed by atoms with van der Waals surface area (Å²) in [5.41, 5.74) is 1.88. The van der Waals surface area contributed by atoms with Crippen molar-refractivity contribution in [3.05, 3.63) is 29.8 Å². The van der Waals surface area contributed by atoms with Crippen LogP contribution >= 0.6 is 10.8 Å². The molecule has 0 fully saturated rings. The van der Waals surface area contributed by atoms with Crippen LogP contribution in [0.3, 0.4) is 0 Å². The van der Waals surface area contributed by atoms with Crippen LogP contribution in [0.25, 0.3) is 0 Å². The first-order valence-electron chi connectivity index (χ1n) is 6.60. The van der Waals surface area contributed by atoms with Gasteiger partial charge in [-0.2, -0.15) is 0 Å². The van der Waals surface area contributed by atoms with Gasteiger partial charge in [0.25, 0.3) is 5.91 Å². The van der Waals surface area contributed by atoms with Crippen LogP contribution in [0.2, 0.25) is 0 Å². The van der Waals surface area contributed by atoms with E-state index in [9.17, 15) is 18.7 Å². The van der Waals surface area contributed by atoms with Crippen molar-refractivity contribution in [2.45, 2.75) is 30.6 Å². The number of rotatable bonds is 6. The van der Waals surface area contributed by atoms with E-state index in [2.05, 4.69) is 0 Å². The van der Waals surface area contributed by atoms with Gasteiger partial charge in [0.15, 0.2) is 0 Å². The highest BCUT2D eigenvalue weighted by molar-refractivity contribution is 8.23. The van der Waals surface area contributed by atoms with Crippen molar-refractivity contribution in [1.29, 1.82) is 0 Å². The molecule has 21 heavy (non-hydrogen) atoms. The molecule has 2 rings (SSSR count). The molecular formula is C13H18N2O5S. The molecule has 8 heteroatoms. The first kappa shape index (κ1) is 15.8. The molecule has 0 aromatic heterocycles. The van der Waals surface area contributed by atoms with Gasteiger partial charge in [-0.05, 0) is 25.0 Å². The maximum atomic E-state index is 12.2. The van der Waals surface area contributed by atoms with Crippen LogP contribution in [0, 0.1) is 0 Å². The molecule has 0 atom stereocenters. The third-order valence-electron chi connectivity index (χ3n) is 3.34.